The number of carboxylic acids is 2. The van der Waals surface area contributed by atoms with Crippen LogP contribution in [0.1, 0.15) is 16.8 Å². The molecule has 0 atom stereocenters. The number of hydrogen-bond acceptors (Lipinski definition) is 4. The number of aromatic nitrogens is 1. The minimum atomic E-state index is -1.08. The van der Waals surface area contributed by atoms with Crippen LogP contribution >= 0.6 is 0 Å². The summed E-state index contributed by atoms with van der Waals surface area (Å²) in [5.74, 6) is -1.74. The van der Waals surface area contributed by atoms with Gasteiger partial charge < -0.3 is 15.1 Å². The summed E-state index contributed by atoms with van der Waals surface area (Å²) < 4.78 is 0. The molecule has 0 amide bonds. The molecule has 0 saturated carbocycles. The van der Waals surface area contributed by atoms with Crippen LogP contribution in [0.25, 0.3) is 0 Å². The zero-order valence-corrected chi connectivity index (χ0v) is 8.75. The Morgan fingerprint density at radius 3 is 2.69 bits per heavy atom. The van der Waals surface area contributed by atoms with Crippen molar-refractivity contribution in [3.05, 3.63) is 23.9 Å². The average Bonchev–Trinajstić information content (AvgIpc) is 2.25. The van der Waals surface area contributed by atoms with Crippen molar-refractivity contribution in [2.24, 2.45) is 0 Å². The standard InChI is InChI=1S/C10H12N2O4/c1-12(6-4-8(13)14)9-7(10(15)16)3-2-5-11-9/h2-3,5H,4,6H2,1H3,(H,13,14)(H,15,16). The summed E-state index contributed by atoms with van der Waals surface area (Å²) in [6.45, 7) is 0.215. The van der Waals surface area contributed by atoms with E-state index in [0.29, 0.717) is 0 Å². The van der Waals surface area contributed by atoms with Gasteiger partial charge in [-0.15, -0.1) is 0 Å². The maximum absolute atomic E-state index is 10.9. The third-order valence-corrected chi connectivity index (χ3v) is 2.04. The summed E-state index contributed by atoms with van der Waals surface area (Å²) in [6, 6.07) is 2.96. The molecule has 0 fully saturated rings. The van der Waals surface area contributed by atoms with E-state index < -0.39 is 11.9 Å². The Morgan fingerprint density at radius 1 is 1.44 bits per heavy atom. The Bertz CT molecular complexity index is 406. The fraction of sp³-hybridized carbons (Fsp3) is 0.300. The highest BCUT2D eigenvalue weighted by Crippen LogP contribution is 2.15. The van der Waals surface area contributed by atoms with Gasteiger partial charge in [0.05, 0.1) is 6.42 Å². The first kappa shape index (κ1) is 12.0. The Morgan fingerprint density at radius 2 is 2.12 bits per heavy atom. The number of anilines is 1. The fourth-order valence-corrected chi connectivity index (χ4v) is 1.24. The largest absolute Gasteiger partial charge is 0.481 e. The molecule has 1 aromatic rings. The Hall–Kier alpha value is -2.11. The molecule has 0 unspecified atom stereocenters. The van der Waals surface area contributed by atoms with Crippen molar-refractivity contribution in [1.29, 1.82) is 0 Å². The van der Waals surface area contributed by atoms with Crippen LogP contribution in [0, 0.1) is 0 Å². The lowest BCUT2D eigenvalue weighted by molar-refractivity contribution is -0.136. The average molecular weight is 224 g/mol. The lowest BCUT2D eigenvalue weighted by Gasteiger charge is -2.18. The SMILES string of the molecule is CN(CCC(=O)O)c1ncccc1C(=O)O. The lowest BCUT2D eigenvalue weighted by Crippen LogP contribution is -2.24. The number of carboxylic acid groups (broad SMARTS) is 2. The molecule has 0 spiro atoms. The molecule has 6 heteroatoms. The molecule has 0 radical (unpaired) electrons. The Balaban J connectivity index is 2.85. The lowest BCUT2D eigenvalue weighted by atomic mass is 10.2. The number of rotatable bonds is 5. The number of nitrogens with zero attached hydrogens (tertiary/aromatic N) is 2. The second-order valence-electron chi connectivity index (χ2n) is 3.25. The third kappa shape index (κ3) is 2.94. The summed E-state index contributed by atoms with van der Waals surface area (Å²) >= 11 is 0. The molecule has 16 heavy (non-hydrogen) atoms. The van der Waals surface area contributed by atoms with Crippen LogP contribution in [-0.2, 0) is 4.79 Å². The van der Waals surface area contributed by atoms with E-state index in [1.54, 1.807) is 7.05 Å². The van der Waals surface area contributed by atoms with Gasteiger partial charge in [-0.25, -0.2) is 9.78 Å². The van der Waals surface area contributed by atoms with Crippen LogP contribution in [0.3, 0.4) is 0 Å². The Kier molecular flexibility index (Phi) is 3.82. The molecule has 0 bridgehead atoms. The number of aliphatic carboxylic acids is 1. The molecule has 86 valence electrons. The molecule has 0 aromatic carbocycles. The fourth-order valence-electron chi connectivity index (χ4n) is 1.24. The number of aromatic carboxylic acids is 1. The van der Waals surface area contributed by atoms with E-state index in [4.69, 9.17) is 10.2 Å². The van der Waals surface area contributed by atoms with Crippen LogP contribution in [-0.4, -0.2) is 40.7 Å². The molecule has 0 aliphatic carbocycles. The van der Waals surface area contributed by atoms with Gasteiger partial charge in [-0.05, 0) is 12.1 Å². The first-order valence-electron chi connectivity index (χ1n) is 4.63. The molecule has 0 saturated heterocycles. The van der Waals surface area contributed by atoms with Gasteiger partial charge in [-0.3, -0.25) is 4.79 Å². The molecular weight excluding hydrogens is 212 g/mol. The molecule has 0 aliphatic rings. The quantitative estimate of drug-likeness (QED) is 0.764. The number of hydrogen-bond donors (Lipinski definition) is 2. The normalized spacial score (nSPS) is 9.81. The van der Waals surface area contributed by atoms with Crippen molar-refractivity contribution in [3.63, 3.8) is 0 Å². The van der Waals surface area contributed by atoms with Crippen molar-refractivity contribution in [2.75, 3.05) is 18.5 Å². The van der Waals surface area contributed by atoms with Crippen LogP contribution in [0.2, 0.25) is 0 Å². The topological polar surface area (TPSA) is 90.7 Å². The summed E-state index contributed by atoms with van der Waals surface area (Å²) in [7, 11) is 1.61. The van der Waals surface area contributed by atoms with Gasteiger partial charge in [0.2, 0.25) is 0 Å². The van der Waals surface area contributed by atoms with Crippen molar-refractivity contribution in [3.8, 4) is 0 Å². The molecule has 1 rings (SSSR count). The summed E-state index contributed by atoms with van der Waals surface area (Å²) in [4.78, 5) is 26.7. The molecule has 6 nitrogen and oxygen atoms in total. The van der Waals surface area contributed by atoms with Gasteiger partial charge >= 0.3 is 11.9 Å². The maximum atomic E-state index is 10.9. The zero-order chi connectivity index (χ0) is 12.1. The number of carbonyl (C=O) groups is 2. The van der Waals surface area contributed by atoms with Gasteiger partial charge in [0, 0.05) is 19.8 Å². The number of pyridine rings is 1. The van der Waals surface area contributed by atoms with Crippen LogP contribution in [0.4, 0.5) is 5.82 Å². The Labute approximate surface area is 92.1 Å². The van der Waals surface area contributed by atoms with Crippen LogP contribution < -0.4 is 4.90 Å². The van der Waals surface area contributed by atoms with Crippen molar-refractivity contribution in [2.45, 2.75) is 6.42 Å². The highest BCUT2D eigenvalue weighted by Gasteiger charge is 2.14. The minimum absolute atomic E-state index is 0.0634. The van der Waals surface area contributed by atoms with Gasteiger partial charge in [0.25, 0.3) is 0 Å². The highest BCUT2D eigenvalue weighted by molar-refractivity contribution is 5.93. The second kappa shape index (κ2) is 5.11. The maximum Gasteiger partial charge on any atom is 0.339 e. The monoisotopic (exact) mass is 224 g/mol. The molecule has 2 N–H and O–H groups in total. The van der Waals surface area contributed by atoms with Crippen molar-refractivity contribution >= 4 is 17.8 Å². The minimum Gasteiger partial charge on any atom is -0.481 e. The molecule has 1 heterocycles. The third-order valence-electron chi connectivity index (χ3n) is 2.04. The van der Waals surface area contributed by atoms with Gasteiger partial charge in [0.1, 0.15) is 11.4 Å². The summed E-state index contributed by atoms with van der Waals surface area (Å²) in [5.41, 5.74) is 0.0652. The van der Waals surface area contributed by atoms with Gasteiger partial charge in [0.15, 0.2) is 0 Å². The summed E-state index contributed by atoms with van der Waals surface area (Å²) in [6.07, 6.45) is 1.41. The van der Waals surface area contributed by atoms with E-state index in [1.807, 2.05) is 0 Å². The van der Waals surface area contributed by atoms with Crippen molar-refractivity contribution < 1.29 is 19.8 Å². The predicted molar refractivity (Wildman–Crippen MR) is 56.7 cm³/mol. The highest BCUT2D eigenvalue weighted by atomic mass is 16.4. The first-order valence-corrected chi connectivity index (χ1v) is 4.63. The summed E-state index contributed by atoms with van der Waals surface area (Å²) in [5, 5.41) is 17.4. The molecular formula is C10H12N2O4. The van der Waals surface area contributed by atoms with Gasteiger partial charge in [-0.1, -0.05) is 0 Å². The van der Waals surface area contributed by atoms with E-state index in [1.165, 1.54) is 23.2 Å². The molecule has 1 aromatic heterocycles. The van der Waals surface area contributed by atoms with Gasteiger partial charge in [-0.2, -0.15) is 0 Å². The molecule has 0 aliphatic heterocycles. The van der Waals surface area contributed by atoms with E-state index in [0.717, 1.165) is 0 Å². The predicted octanol–water partition coefficient (Wildman–Crippen LogP) is 0.691. The van der Waals surface area contributed by atoms with E-state index in [9.17, 15) is 9.59 Å². The van der Waals surface area contributed by atoms with E-state index in [2.05, 4.69) is 4.98 Å². The first-order chi connectivity index (χ1) is 7.52. The zero-order valence-electron chi connectivity index (χ0n) is 8.75. The van der Waals surface area contributed by atoms with Crippen molar-refractivity contribution in [1.82, 2.24) is 4.98 Å². The van der Waals surface area contributed by atoms with Crippen LogP contribution in [0.5, 0.6) is 0 Å². The smallest absolute Gasteiger partial charge is 0.339 e. The van der Waals surface area contributed by atoms with E-state index in [-0.39, 0.29) is 24.3 Å². The van der Waals surface area contributed by atoms with E-state index >= 15 is 0 Å². The second-order valence-corrected chi connectivity index (χ2v) is 3.25. The van der Waals surface area contributed by atoms with Crippen LogP contribution in [0.15, 0.2) is 18.3 Å².